The van der Waals surface area contributed by atoms with Gasteiger partial charge in [-0.2, -0.15) is 0 Å². The summed E-state index contributed by atoms with van der Waals surface area (Å²) in [4.78, 5) is 18.1. The van der Waals surface area contributed by atoms with Gasteiger partial charge in [-0.3, -0.25) is 4.79 Å². The number of amides is 1. The molecule has 7 heteroatoms. The molecule has 0 spiro atoms. The van der Waals surface area contributed by atoms with Gasteiger partial charge in [0.1, 0.15) is 11.8 Å². The Morgan fingerprint density at radius 1 is 1.41 bits per heavy atom. The van der Waals surface area contributed by atoms with Gasteiger partial charge in [0.2, 0.25) is 5.91 Å². The molecule has 0 radical (unpaired) electrons. The highest BCUT2D eigenvalue weighted by molar-refractivity contribution is 7.11. The van der Waals surface area contributed by atoms with Gasteiger partial charge in [0.25, 0.3) is 5.19 Å². The number of hydrogen-bond donors (Lipinski definition) is 0. The summed E-state index contributed by atoms with van der Waals surface area (Å²) in [6.07, 6.45) is 1.99. The second-order valence-corrected chi connectivity index (χ2v) is 6.00. The molecular weight excluding hydrogens is 302 g/mol. The second kappa shape index (κ2) is 5.42. The SMILES string of the molecule is O=C(Cc1noc2ccccc12)N1CC(Oc2nccs2)C1. The van der Waals surface area contributed by atoms with E-state index in [1.54, 1.807) is 11.1 Å². The zero-order valence-electron chi connectivity index (χ0n) is 11.6. The predicted molar refractivity (Wildman–Crippen MR) is 80.8 cm³/mol. The van der Waals surface area contributed by atoms with E-state index in [9.17, 15) is 4.79 Å². The molecule has 1 aliphatic heterocycles. The topological polar surface area (TPSA) is 68.5 Å². The summed E-state index contributed by atoms with van der Waals surface area (Å²) in [7, 11) is 0. The first-order chi connectivity index (χ1) is 10.8. The molecule has 0 unspecified atom stereocenters. The van der Waals surface area contributed by atoms with Crippen LogP contribution in [-0.4, -0.2) is 40.1 Å². The molecule has 2 aromatic heterocycles. The predicted octanol–water partition coefficient (Wildman–Crippen LogP) is 2.12. The van der Waals surface area contributed by atoms with Crippen molar-refractivity contribution < 1.29 is 14.1 Å². The van der Waals surface area contributed by atoms with Gasteiger partial charge in [-0.25, -0.2) is 4.98 Å². The van der Waals surface area contributed by atoms with Crippen molar-refractivity contribution in [2.24, 2.45) is 0 Å². The summed E-state index contributed by atoms with van der Waals surface area (Å²) >= 11 is 1.46. The molecule has 0 saturated carbocycles. The van der Waals surface area contributed by atoms with Crippen LogP contribution in [0.15, 0.2) is 40.4 Å². The summed E-state index contributed by atoms with van der Waals surface area (Å²) in [6.45, 7) is 1.18. The molecule has 1 fully saturated rings. The van der Waals surface area contributed by atoms with Crippen LogP contribution in [0.4, 0.5) is 0 Å². The molecule has 1 saturated heterocycles. The molecule has 1 aliphatic rings. The Balaban J connectivity index is 1.36. The van der Waals surface area contributed by atoms with E-state index in [0.717, 1.165) is 5.39 Å². The number of carbonyl (C=O) groups excluding carboxylic acids is 1. The van der Waals surface area contributed by atoms with E-state index in [-0.39, 0.29) is 18.4 Å². The van der Waals surface area contributed by atoms with Crippen LogP contribution in [-0.2, 0) is 11.2 Å². The van der Waals surface area contributed by atoms with Crippen LogP contribution < -0.4 is 4.74 Å². The number of benzene rings is 1. The molecule has 22 heavy (non-hydrogen) atoms. The Bertz CT molecular complexity index is 793. The molecule has 0 atom stereocenters. The first-order valence-electron chi connectivity index (χ1n) is 6.97. The zero-order chi connectivity index (χ0) is 14.9. The fourth-order valence-corrected chi connectivity index (χ4v) is 3.00. The summed E-state index contributed by atoms with van der Waals surface area (Å²) in [5, 5.41) is 7.41. The standard InChI is InChI=1S/C15H13N3O3S/c19-14(7-12-11-3-1-2-4-13(11)21-17-12)18-8-10(9-18)20-15-16-5-6-22-15/h1-6,10H,7-9H2. The highest BCUT2D eigenvalue weighted by Gasteiger charge is 2.33. The Kier molecular flexibility index (Phi) is 3.27. The smallest absolute Gasteiger partial charge is 0.273 e. The Labute approximate surface area is 130 Å². The molecule has 1 amide bonds. The second-order valence-electron chi connectivity index (χ2n) is 5.14. The van der Waals surface area contributed by atoms with Crippen molar-refractivity contribution in [3.63, 3.8) is 0 Å². The van der Waals surface area contributed by atoms with Crippen LogP contribution in [0, 0.1) is 0 Å². The lowest BCUT2D eigenvalue weighted by Crippen LogP contribution is -2.56. The Hall–Kier alpha value is -2.41. The molecule has 0 aliphatic carbocycles. The number of likely N-dealkylation sites (tertiary alicyclic amines) is 1. The van der Waals surface area contributed by atoms with E-state index >= 15 is 0 Å². The fourth-order valence-electron chi connectivity index (χ4n) is 2.45. The van der Waals surface area contributed by atoms with Gasteiger partial charge in [-0.15, -0.1) is 0 Å². The highest BCUT2D eigenvalue weighted by atomic mass is 32.1. The molecule has 1 aromatic carbocycles. The van der Waals surface area contributed by atoms with E-state index in [4.69, 9.17) is 9.26 Å². The van der Waals surface area contributed by atoms with Crippen molar-refractivity contribution in [2.75, 3.05) is 13.1 Å². The molecule has 0 bridgehead atoms. The summed E-state index contributed by atoms with van der Waals surface area (Å²) < 4.78 is 10.9. The zero-order valence-corrected chi connectivity index (χ0v) is 12.5. The van der Waals surface area contributed by atoms with Crippen molar-refractivity contribution in [3.8, 4) is 5.19 Å². The van der Waals surface area contributed by atoms with E-state index in [1.165, 1.54) is 11.3 Å². The highest BCUT2D eigenvalue weighted by Crippen LogP contribution is 2.22. The first kappa shape index (κ1) is 13.3. The number of fused-ring (bicyclic) bond motifs is 1. The quantitative estimate of drug-likeness (QED) is 0.737. The van der Waals surface area contributed by atoms with Crippen LogP contribution in [0.2, 0.25) is 0 Å². The fraction of sp³-hybridized carbons (Fsp3) is 0.267. The number of thiazole rings is 1. The van der Waals surface area contributed by atoms with E-state index < -0.39 is 0 Å². The molecule has 112 valence electrons. The normalized spacial score (nSPS) is 15.0. The minimum atomic E-state index is 0.0316. The lowest BCUT2D eigenvalue weighted by molar-refractivity contribution is -0.139. The number of nitrogens with zero attached hydrogens (tertiary/aromatic N) is 3. The van der Waals surface area contributed by atoms with Crippen LogP contribution in [0.5, 0.6) is 5.19 Å². The van der Waals surface area contributed by atoms with E-state index in [1.807, 2.05) is 29.6 Å². The van der Waals surface area contributed by atoms with Gasteiger partial charge < -0.3 is 14.2 Å². The molecule has 3 aromatic rings. The number of ether oxygens (including phenoxy) is 1. The van der Waals surface area contributed by atoms with Crippen molar-refractivity contribution >= 4 is 28.2 Å². The molecule has 0 N–H and O–H groups in total. The van der Waals surface area contributed by atoms with Crippen LogP contribution in [0.3, 0.4) is 0 Å². The van der Waals surface area contributed by atoms with Crippen LogP contribution in [0.1, 0.15) is 5.69 Å². The summed E-state index contributed by atoms with van der Waals surface area (Å²) in [5.74, 6) is 0.0399. The van der Waals surface area contributed by atoms with Crippen molar-refractivity contribution in [3.05, 3.63) is 41.5 Å². The maximum atomic E-state index is 12.3. The van der Waals surface area contributed by atoms with Crippen molar-refractivity contribution in [2.45, 2.75) is 12.5 Å². The molecule has 4 rings (SSSR count). The van der Waals surface area contributed by atoms with Gasteiger partial charge >= 0.3 is 0 Å². The van der Waals surface area contributed by atoms with E-state index in [0.29, 0.717) is 29.6 Å². The largest absolute Gasteiger partial charge is 0.463 e. The number of para-hydroxylation sites is 1. The van der Waals surface area contributed by atoms with Crippen LogP contribution in [0.25, 0.3) is 11.0 Å². The van der Waals surface area contributed by atoms with Crippen molar-refractivity contribution in [1.82, 2.24) is 15.0 Å². The third kappa shape index (κ3) is 2.43. The number of hydrogen-bond acceptors (Lipinski definition) is 6. The minimum Gasteiger partial charge on any atom is -0.463 e. The lowest BCUT2D eigenvalue weighted by atomic mass is 10.1. The average Bonchev–Trinajstić information content (AvgIpc) is 3.12. The van der Waals surface area contributed by atoms with Crippen LogP contribution >= 0.6 is 11.3 Å². The summed E-state index contributed by atoms with van der Waals surface area (Å²) in [6, 6.07) is 7.56. The Morgan fingerprint density at radius 3 is 3.09 bits per heavy atom. The average molecular weight is 315 g/mol. The van der Waals surface area contributed by atoms with Gasteiger partial charge in [0.05, 0.1) is 19.5 Å². The van der Waals surface area contributed by atoms with Crippen molar-refractivity contribution in [1.29, 1.82) is 0 Å². The number of aromatic nitrogens is 2. The van der Waals surface area contributed by atoms with E-state index in [2.05, 4.69) is 10.1 Å². The monoisotopic (exact) mass is 315 g/mol. The Morgan fingerprint density at radius 2 is 2.27 bits per heavy atom. The van der Waals surface area contributed by atoms with Gasteiger partial charge in [0, 0.05) is 17.0 Å². The summed E-state index contributed by atoms with van der Waals surface area (Å²) in [5.41, 5.74) is 1.39. The third-order valence-corrected chi connectivity index (χ3v) is 4.31. The van der Waals surface area contributed by atoms with Gasteiger partial charge in [-0.05, 0) is 12.1 Å². The minimum absolute atomic E-state index is 0.0316. The van der Waals surface area contributed by atoms with Gasteiger partial charge in [-0.1, -0.05) is 28.6 Å². The number of carbonyl (C=O) groups is 1. The third-order valence-electron chi connectivity index (χ3n) is 3.65. The van der Waals surface area contributed by atoms with Gasteiger partial charge in [0.15, 0.2) is 5.58 Å². The first-order valence-corrected chi connectivity index (χ1v) is 7.85. The maximum absolute atomic E-state index is 12.3. The molecule has 6 nitrogen and oxygen atoms in total. The molecule has 3 heterocycles. The maximum Gasteiger partial charge on any atom is 0.273 e. The number of rotatable bonds is 4. The lowest BCUT2D eigenvalue weighted by Gasteiger charge is -2.38. The molecular formula is C15H13N3O3S.